The highest BCUT2D eigenvalue weighted by atomic mass is 35.5. The van der Waals surface area contributed by atoms with Gasteiger partial charge in [-0.25, -0.2) is 5.43 Å². The molecule has 2 amide bonds. The highest BCUT2D eigenvalue weighted by Gasteiger charge is 2.11. The van der Waals surface area contributed by atoms with E-state index in [2.05, 4.69) is 21.8 Å². The Balaban J connectivity index is 1.86. The van der Waals surface area contributed by atoms with Gasteiger partial charge in [-0.05, 0) is 35.9 Å². The molecule has 7 nitrogen and oxygen atoms in total. The number of nitrogens with zero attached hydrogens (tertiary/aromatic N) is 1. The minimum atomic E-state index is -0.417. The Morgan fingerprint density at radius 1 is 1.20 bits per heavy atom. The van der Waals surface area contributed by atoms with Gasteiger partial charge in [0.25, 0.3) is 0 Å². The fraction of sp³-hybridized carbons (Fsp3) is 0.190. The van der Waals surface area contributed by atoms with E-state index in [1.54, 1.807) is 36.4 Å². The largest absolute Gasteiger partial charge is 0.493 e. The molecule has 0 fully saturated rings. The van der Waals surface area contributed by atoms with Gasteiger partial charge in [-0.2, -0.15) is 5.10 Å². The predicted molar refractivity (Wildman–Crippen MR) is 117 cm³/mol. The van der Waals surface area contributed by atoms with Crippen molar-refractivity contribution in [1.82, 2.24) is 5.43 Å². The van der Waals surface area contributed by atoms with Crippen molar-refractivity contribution in [1.29, 1.82) is 0 Å². The summed E-state index contributed by atoms with van der Waals surface area (Å²) in [7, 11) is 1.46. The Morgan fingerprint density at radius 2 is 1.97 bits per heavy atom. The van der Waals surface area contributed by atoms with Crippen LogP contribution in [0.5, 0.6) is 11.5 Å². The second kappa shape index (κ2) is 11.7. The van der Waals surface area contributed by atoms with E-state index in [-0.39, 0.29) is 30.4 Å². The minimum absolute atomic E-state index is 0.00523. The standard InChI is InChI=1S/C21H19Cl2N3O4/c1-3-9-30-21-17(23)10-14(11-18(21)29-2)13-24-26-20(28)8-7-19(27)25-16-6-4-5-15(22)12-16/h1,4-6,10-13H,7-9H2,2H3,(H,25,27)(H,26,28). The third kappa shape index (κ3) is 7.32. The molecule has 0 bridgehead atoms. The molecule has 2 aromatic rings. The molecule has 0 saturated carbocycles. The summed E-state index contributed by atoms with van der Waals surface area (Å²) in [6.07, 6.45) is 6.53. The number of halogens is 2. The number of methoxy groups -OCH3 is 1. The minimum Gasteiger partial charge on any atom is -0.493 e. The number of amides is 2. The molecule has 9 heteroatoms. The third-order valence-corrected chi connectivity index (χ3v) is 4.16. The van der Waals surface area contributed by atoms with Crippen LogP contribution in [-0.4, -0.2) is 31.7 Å². The fourth-order valence-corrected chi connectivity index (χ4v) is 2.78. The summed E-state index contributed by atoms with van der Waals surface area (Å²) >= 11 is 12.0. The van der Waals surface area contributed by atoms with Crippen molar-refractivity contribution in [3.8, 4) is 23.8 Å². The van der Waals surface area contributed by atoms with Gasteiger partial charge in [0.05, 0.1) is 18.3 Å². The van der Waals surface area contributed by atoms with Gasteiger partial charge in [-0.3, -0.25) is 9.59 Å². The number of benzene rings is 2. The van der Waals surface area contributed by atoms with Crippen LogP contribution < -0.4 is 20.2 Å². The summed E-state index contributed by atoms with van der Waals surface area (Å²) in [6.45, 7) is 0.0461. The molecule has 2 aromatic carbocycles. The van der Waals surface area contributed by atoms with Crippen molar-refractivity contribution in [2.24, 2.45) is 5.10 Å². The van der Waals surface area contributed by atoms with E-state index in [4.69, 9.17) is 39.1 Å². The van der Waals surface area contributed by atoms with E-state index >= 15 is 0 Å². The lowest BCUT2D eigenvalue weighted by molar-refractivity contribution is -0.124. The Morgan fingerprint density at radius 3 is 2.67 bits per heavy atom. The highest BCUT2D eigenvalue weighted by molar-refractivity contribution is 6.32. The van der Waals surface area contributed by atoms with Crippen LogP contribution in [0.3, 0.4) is 0 Å². The van der Waals surface area contributed by atoms with Gasteiger partial charge in [0.15, 0.2) is 11.5 Å². The zero-order chi connectivity index (χ0) is 21.9. The lowest BCUT2D eigenvalue weighted by atomic mass is 10.2. The van der Waals surface area contributed by atoms with Gasteiger partial charge in [-0.15, -0.1) is 6.42 Å². The number of rotatable bonds is 9. The molecule has 0 spiro atoms. The van der Waals surface area contributed by atoms with Gasteiger partial charge >= 0.3 is 0 Å². The molecule has 0 aliphatic carbocycles. The number of anilines is 1. The number of ether oxygens (including phenoxy) is 2. The normalized spacial score (nSPS) is 10.3. The van der Waals surface area contributed by atoms with Gasteiger partial charge < -0.3 is 14.8 Å². The van der Waals surface area contributed by atoms with Crippen LogP contribution in [0, 0.1) is 12.3 Å². The molecule has 2 N–H and O–H groups in total. The summed E-state index contributed by atoms with van der Waals surface area (Å²) in [5.74, 6) is 2.32. The van der Waals surface area contributed by atoms with Crippen molar-refractivity contribution >= 4 is 46.9 Å². The maximum atomic E-state index is 11.9. The molecule has 0 atom stereocenters. The van der Waals surface area contributed by atoms with Gasteiger partial charge in [0, 0.05) is 23.6 Å². The second-order valence-corrected chi connectivity index (χ2v) is 6.72. The van der Waals surface area contributed by atoms with E-state index < -0.39 is 5.91 Å². The smallest absolute Gasteiger partial charge is 0.240 e. The number of nitrogens with one attached hydrogen (secondary N) is 2. The van der Waals surface area contributed by atoms with Crippen LogP contribution in [0.1, 0.15) is 18.4 Å². The molecule has 0 aromatic heterocycles. The van der Waals surface area contributed by atoms with Crippen molar-refractivity contribution in [3.05, 3.63) is 52.0 Å². The maximum absolute atomic E-state index is 11.9. The number of carbonyl (C=O) groups excluding carboxylic acids is 2. The van der Waals surface area contributed by atoms with E-state index in [0.29, 0.717) is 27.8 Å². The van der Waals surface area contributed by atoms with Crippen LogP contribution in [-0.2, 0) is 9.59 Å². The van der Waals surface area contributed by atoms with Crippen LogP contribution in [0.15, 0.2) is 41.5 Å². The first-order chi connectivity index (χ1) is 14.4. The molecular weight excluding hydrogens is 429 g/mol. The maximum Gasteiger partial charge on any atom is 0.240 e. The first-order valence-corrected chi connectivity index (χ1v) is 9.49. The molecule has 156 valence electrons. The monoisotopic (exact) mass is 447 g/mol. The number of terminal acetylenes is 1. The predicted octanol–water partition coefficient (Wildman–Crippen LogP) is 3.88. The average molecular weight is 448 g/mol. The summed E-state index contributed by atoms with van der Waals surface area (Å²) < 4.78 is 10.6. The van der Waals surface area contributed by atoms with Crippen molar-refractivity contribution in [3.63, 3.8) is 0 Å². The third-order valence-electron chi connectivity index (χ3n) is 3.64. The Kier molecular flexibility index (Phi) is 9.01. The lowest BCUT2D eigenvalue weighted by Crippen LogP contribution is -2.20. The molecular formula is C21H19Cl2N3O4. The molecule has 0 aliphatic heterocycles. The quantitative estimate of drug-likeness (QED) is 0.346. The van der Waals surface area contributed by atoms with E-state index in [1.807, 2.05) is 0 Å². The van der Waals surface area contributed by atoms with Gasteiger partial charge in [-0.1, -0.05) is 35.2 Å². The zero-order valence-corrected chi connectivity index (χ0v) is 17.6. The molecule has 30 heavy (non-hydrogen) atoms. The first-order valence-electron chi connectivity index (χ1n) is 8.74. The summed E-state index contributed by atoms with van der Waals surface area (Å²) in [5.41, 5.74) is 3.49. The molecule has 2 rings (SSSR count). The van der Waals surface area contributed by atoms with Crippen LogP contribution in [0.4, 0.5) is 5.69 Å². The summed E-state index contributed by atoms with van der Waals surface area (Å²) in [5, 5.41) is 7.32. The van der Waals surface area contributed by atoms with E-state index in [1.165, 1.54) is 13.3 Å². The zero-order valence-electron chi connectivity index (χ0n) is 16.1. The Hall–Kier alpha value is -3.21. The first kappa shape index (κ1) is 23.1. The van der Waals surface area contributed by atoms with Gasteiger partial charge in [0.2, 0.25) is 11.8 Å². The summed E-state index contributed by atoms with van der Waals surface area (Å²) in [6, 6.07) is 9.95. The number of hydrogen-bond donors (Lipinski definition) is 2. The number of hydrazone groups is 1. The SMILES string of the molecule is C#CCOc1c(Cl)cc(C=NNC(=O)CCC(=O)Nc2cccc(Cl)c2)cc1OC. The molecule has 0 saturated heterocycles. The van der Waals surface area contributed by atoms with Gasteiger partial charge in [0.1, 0.15) is 6.61 Å². The molecule has 0 radical (unpaired) electrons. The van der Waals surface area contributed by atoms with E-state index in [9.17, 15) is 9.59 Å². The Labute approximate surface area is 184 Å². The second-order valence-electron chi connectivity index (χ2n) is 5.88. The highest BCUT2D eigenvalue weighted by Crippen LogP contribution is 2.35. The molecule has 0 aliphatic rings. The van der Waals surface area contributed by atoms with Crippen LogP contribution in [0.2, 0.25) is 10.0 Å². The topological polar surface area (TPSA) is 89.0 Å². The molecule has 0 heterocycles. The molecule has 0 unspecified atom stereocenters. The number of hydrogen-bond acceptors (Lipinski definition) is 5. The van der Waals surface area contributed by atoms with Crippen LogP contribution >= 0.6 is 23.2 Å². The summed E-state index contributed by atoms with van der Waals surface area (Å²) in [4.78, 5) is 23.8. The lowest BCUT2D eigenvalue weighted by Gasteiger charge is -2.11. The van der Waals surface area contributed by atoms with Crippen molar-refractivity contribution < 1.29 is 19.1 Å². The Bertz CT molecular complexity index is 987. The fourth-order valence-electron chi connectivity index (χ4n) is 2.32. The number of carbonyl (C=O) groups is 2. The van der Waals surface area contributed by atoms with Crippen molar-refractivity contribution in [2.75, 3.05) is 19.0 Å². The average Bonchev–Trinajstić information content (AvgIpc) is 2.71. The van der Waals surface area contributed by atoms with Crippen molar-refractivity contribution in [2.45, 2.75) is 12.8 Å². The van der Waals surface area contributed by atoms with E-state index in [0.717, 1.165) is 0 Å². The van der Waals surface area contributed by atoms with Crippen LogP contribution in [0.25, 0.3) is 0 Å².